The van der Waals surface area contributed by atoms with Gasteiger partial charge in [-0.3, -0.25) is 9.59 Å². The summed E-state index contributed by atoms with van der Waals surface area (Å²) in [4.78, 5) is 23.5. The van der Waals surface area contributed by atoms with Crippen LogP contribution in [0.3, 0.4) is 0 Å². The number of carbonyl (C=O) groups excluding carboxylic acids is 2. The molecule has 0 aliphatic rings. The second-order valence-electron chi connectivity index (χ2n) is 5.10. The minimum atomic E-state index is -0.730. The van der Waals surface area contributed by atoms with Gasteiger partial charge in [0.1, 0.15) is 5.75 Å². The highest BCUT2D eigenvalue weighted by Crippen LogP contribution is 2.19. The average molecular weight is 333 g/mol. The normalized spacial score (nSPS) is 11.6. The van der Waals surface area contributed by atoms with Gasteiger partial charge >= 0.3 is 0 Å². The summed E-state index contributed by atoms with van der Waals surface area (Å²) < 4.78 is 5.54. The largest absolute Gasteiger partial charge is 0.481 e. The predicted molar refractivity (Wildman–Crippen MR) is 89.9 cm³/mol. The molecule has 2 amide bonds. The SMILES string of the molecule is Cc1ccc(NC(=O)[C@H](C)Oc2cccc(Cl)c2)cc1C(N)=O. The smallest absolute Gasteiger partial charge is 0.265 e. The zero-order valence-electron chi connectivity index (χ0n) is 12.8. The number of carbonyl (C=O) groups is 2. The van der Waals surface area contributed by atoms with Crippen LogP contribution in [-0.4, -0.2) is 17.9 Å². The molecule has 0 bridgehead atoms. The van der Waals surface area contributed by atoms with Crippen LogP contribution in [0, 0.1) is 6.92 Å². The molecule has 0 aliphatic carbocycles. The van der Waals surface area contributed by atoms with Gasteiger partial charge in [-0.15, -0.1) is 0 Å². The Bertz CT molecular complexity index is 746. The van der Waals surface area contributed by atoms with Crippen LogP contribution < -0.4 is 15.8 Å². The third-order valence-corrected chi connectivity index (χ3v) is 3.48. The van der Waals surface area contributed by atoms with Crippen LogP contribution in [0.1, 0.15) is 22.8 Å². The van der Waals surface area contributed by atoms with Gasteiger partial charge in [0.25, 0.3) is 5.91 Å². The van der Waals surface area contributed by atoms with Crippen molar-refractivity contribution in [2.45, 2.75) is 20.0 Å². The molecule has 23 heavy (non-hydrogen) atoms. The Morgan fingerprint density at radius 2 is 1.96 bits per heavy atom. The molecule has 5 nitrogen and oxygen atoms in total. The summed E-state index contributed by atoms with van der Waals surface area (Å²) in [5.41, 5.74) is 6.90. The lowest BCUT2D eigenvalue weighted by molar-refractivity contribution is -0.122. The highest BCUT2D eigenvalue weighted by molar-refractivity contribution is 6.30. The maximum absolute atomic E-state index is 12.2. The monoisotopic (exact) mass is 332 g/mol. The number of primary amides is 1. The number of anilines is 1. The Hall–Kier alpha value is -2.53. The first-order chi connectivity index (χ1) is 10.9. The molecule has 0 spiro atoms. The summed E-state index contributed by atoms with van der Waals surface area (Å²) in [6.07, 6.45) is -0.730. The van der Waals surface area contributed by atoms with E-state index < -0.39 is 12.0 Å². The zero-order chi connectivity index (χ0) is 17.0. The number of benzene rings is 2. The van der Waals surface area contributed by atoms with Crippen LogP contribution >= 0.6 is 11.6 Å². The Morgan fingerprint density at radius 3 is 2.61 bits per heavy atom. The highest BCUT2D eigenvalue weighted by Gasteiger charge is 2.16. The van der Waals surface area contributed by atoms with Crippen molar-refractivity contribution in [3.8, 4) is 5.75 Å². The van der Waals surface area contributed by atoms with Gasteiger partial charge in [-0.05, 0) is 49.7 Å². The van der Waals surface area contributed by atoms with Crippen LogP contribution in [0.2, 0.25) is 5.02 Å². The number of halogens is 1. The van der Waals surface area contributed by atoms with Crippen molar-refractivity contribution in [3.05, 3.63) is 58.6 Å². The van der Waals surface area contributed by atoms with Crippen molar-refractivity contribution in [2.24, 2.45) is 5.73 Å². The van der Waals surface area contributed by atoms with Crippen LogP contribution in [-0.2, 0) is 4.79 Å². The van der Waals surface area contributed by atoms with E-state index in [1.165, 1.54) is 0 Å². The van der Waals surface area contributed by atoms with Crippen LogP contribution in [0.15, 0.2) is 42.5 Å². The molecular weight excluding hydrogens is 316 g/mol. The zero-order valence-corrected chi connectivity index (χ0v) is 13.6. The third-order valence-electron chi connectivity index (χ3n) is 3.25. The number of ether oxygens (including phenoxy) is 1. The van der Waals surface area contributed by atoms with Gasteiger partial charge in [0.05, 0.1) is 0 Å². The number of hydrogen-bond donors (Lipinski definition) is 2. The van der Waals surface area contributed by atoms with Crippen molar-refractivity contribution in [2.75, 3.05) is 5.32 Å². The van der Waals surface area contributed by atoms with E-state index in [-0.39, 0.29) is 5.91 Å². The number of nitrogens with one attached hydrogen (secondary N) is 1. The fraction of sp³-hybridized carbons (Fsp3) is 0.176. The lowest BCUT2D eigenvalue weighted by atomic mass is 10.1. The molecule has 3 N–H and O–H groups in total. The van der Waals surface area contributed by atoms with Gasteiger partial charge in [0.2, 0.25) is 5.91 Å². The Morgan fingerprint density at radius 1 is 1.22 bits per heavy atom. The van der Waals surface area contributed by atoms with E-state index in [1.54, 1.807) is 56.3 Å². The first-order valence-corrected chi connectivity index (χ1v) is 7.38. The molecule has 120 valence electrons. The molecular formula is C17H17ClN2O3. The van der Waals surface area contributed by atoms with Gasteiger partial charge in [-0.2, -0.15) is 0 Å². The molecule has 0 fully saturated rings. The molecule has 0 aromatic heterocycles. The van der Waals surface area contributed by atoms with E-state index >= 15 is 0 Å². The van der Waals surface area contributed by atoms with E-state index in [4.69, 9.17) is 22.1 Å². The van der Waals surface area contributed by atoms with Gasteiger partial charge < -0.3 is 15.8 Å². The van der Waals surface area contributed by atoms with Gasteiger partial charge in [-0.1, -0.05) is 23.7 Å². The van der Waals surface area contributed by atoms with E-state index in [1.807, 2.05) is 0 Å². The summed E-state index contributed by atoms with van der Waals surface area (Å²) in [5, 5.41) is 3.22. The van der Waals surface area contributed by atoms with Crippen molar-refractivity contribution in [1.29, 1.82) is 0 Å². The fourth-order valence-corrected chi connectivity index (χ4v) is 2.19. The summed E-state index contributed by atoms with van der Waals surface area (Å²) in [7, 11) is 0. The lowest BCUT2D eigenvalue weighted by Crippen LogP contribution is -2.30. The molecule has 0 heterocycles. The molecule has 0 radical (unpaired) electrons. The molecule has 0 saturated heterocycles. The summed E-state index contributed by atoms with van der Waals surface area (Å²) in [5.74, 6) is -0.382. The highest BCUT2D eigenvalue weighted by atomic mass is 35.5. The summed E-state index contributed by atoms with van der Waals surface area (Å²) >= 11 is 5.88. The molecule has 0 aliphatic heterocycles. The minimum absolute atomic E-state index is 0.343. The second-order valence-corrected chi connectivity index (χ2v) is 5.54. The standard InChI is InChI=1S/C17H17ClN2O3/c1-10-6-7-13(9-15(10)16(19)21)20-17(22)11(2)23-14-5-3-4-12(18)8-14/h3-9,11H,1-2H3,(H2,19,21)(H,20,22)/t11-/m0/s1. The van der Waals surface area contributed by atoms with Crippen LogP contribution in [0.4, 0.5) is 5.69 Å². The van der Waals surface area contributed by atoms with Crippen molar-refractivity contribution in [1.82, 2.24) is 0 Å². The Balaban J connectivity index is 2.06. The van der Waals surface area contributed by atoms with Crippen molar-refractivity contribution in [3.63, 3.8) is 0 Å². The van der Waals surface area contributed by atoms with Crippen LogP contribution in [0.5, 0.6) is 5.75 Å². The second kappa shape index (κ2) is 7.15. The predicted octanol–water partition coefficient (Wildman–Crippen LogP) is 3.15. The van der Waals surface area contributed by atoms with Gasteiger partial charge in [0, 0.05) is 16.3 Å². The Kier molecular flexibility index (Phi) is 5.24. The first-order valence-electron chi connectivity index (χ1n) is 7.00. The number of aryl methyl sites for hydroxylation is 1. The topological polar surface area (TPSA) is 81.4 Å². The summed E-state index contributed by atoms with van der Waals surface area (Å²) in [6, 6.07) is 11.8. The van der Waals surface area contributed by atoms with Crippen molar-refractivity contribution >= 4 is 29.1 Å². The molecule has 2 aromatic carbocycles. The maximum Gasteiger partial charge on any atom is 0.265 e. The number of hydrogen-bond acceptors (Lipinski definition) is 3. The first kappa shape index (κ1) is 16.8. The van der Waals surface area contributed by atoms with Crippen LogP contribution in [0.25, 0.3) is 0 Å². The summed E-state index contributed by atoms with van der Waals surface area (Å²) in [6.45, 7) is 3.40. The lowest BCUT2D eigenvalue weighted by Gasteiger charge is -2.15. The molecule has 2 aromatic rings. The van der Waals surface area contributed by atoms with E-state index in [2.05, 4.69) is 5.32 Å². The quantitative estimate of drug-likeness (QED) is 0.882. The van der Waals surface area contributed by atoms with E-state index in [0.717, 1.165) is 5.56 Å². The molecule has 0 saturated carbocycles. The maximum atomic E-state index is 12.2. The Labute approximate surface area is 139 Å². The molecule has 0 unspecified atom stereocenters. The number of rotatable bonds is 5. The van der Waals surface area contributed by atoms with Crippen molar-refractivity contribution < 1.29 is 14.3 Å². The third kappa shape index (κ3) is 4.47. The molecule has 6 heteroatoms. The van der Waals surface area contributed by atoms with E-state index in [0.29, 0.717) is 22.0 Å². The fourth-order valence-electron chi connectivity index (χ4n) is 2.01. The average Bonchev–Trinajstić information content (AvgIpc) is 2.48. The van der Waals surface area contributed by atoms with Gasteiger partial charge in [-0.25, -0.2) is 0 Å². The number of amides is 2. The number of nitrogens with two attached hydrogens (primary N) is 1. The molecule has 1 atom stereocenters. The van der Waals surface area contributed by atoms with Gasteiger partial charge in [0.15, 0.2) is 6.10 Å². The molecule has 2 rings (SSSR count). The van der Waals surface area contributed by atoms with E-state index in [9.17, 15) is 9.59 Å². The minimum Gasteiger partial charge on any atom is -0.481 e.